The molecule has 6 N–H and O–H groups in total. The molecule has 12 aromatic carbocycles. The van der Waals surface area contributed by atoms with E-state index in [9.17, 15) is 0 Å². The van der Waals surface area contributed by atoms with E-state index in [-0.39, 0.29) is 36.3 Å². The molecule has 0 spiro atoms. The fourth-order valence-electron chi connectivity index (χ4n) is 11.6. The summed E-state index contributed by atoms with van der Waals surface area (Å²) >= 11 is 0. The van der Waals surface area contributed by atoms with Gasteiger partial charge < -0.3 is 31.9 Å². The summed E-state index contributed by atoms with van der Waals surface area (Å²) in [6, 6.07) is 129. The second kappa shape index (κ2) is 36.0. The van der Waals surface area contributed by atoms with Gasteiger partial charge in [0.15, 0.2) is 0 Å². The van der Waals surface area contributed by atoms with Crippen molar-refractivity contribution in [1.29, 1.82) is 0 Å². The lowest BCUT2D eigenvalue weighted by molar-refractivity contribution is 0.537. The van der Waals surface area contributed by atoms with E-state index in [1.807, 2.05) is 0 Å². The third-order valence-corrected chi connectivity index (χ3v) is 16.1. The maximum absolute atomic E-state index is 3.75. The van der Waals surface area contributed by atoms with Crippen molar-refractivity contribution < 1.29 is 0 Å². The molecule has 90 heavy (non-hydrogen) atoms. The average molecular weight is 1180 g/mol. The molecule has 0 radical (unpaired) electrons. The van der Waals surface area contributed by atoms with Crippen LogP contribution in [0.15, 0.2) is 364 Å². The summed E-state index contributed by atoms with van der Waals surface area (Å²) in [5.74, 6) is 0. The van der Waals surface area contributed by atoms with Gasteiger partial charge in [-0.25, -0.2) is 0 Å². The zero-order chi connectivity index (χ0) is 61.3. The number of rotatable bonds is 27. The van der Waals surface area contributed by atoms with Crippen molar-refractivity contribution in [3.63, 3.8) is 0 Å². The predicted octanol–water partition coefficient (Wildman–Crippen LogP) is 17.2. The fourth-order valence-corrected chi connectivity index (χ4v) is 11.6. The smallest absolute Gasteiger partial charge is 0.0577 e. The molecule has 12 aromatic rings. The monoisotopic (exact) mass is 1180 g/mol. The van der Waals surface area contributed by atoms with Crippen LogP contribution in [-0.2, 0) is 0 Å². The quantitative estimate of drug-likeness (QED) is 0.0288. The first-order chi connectivity index (χ1) is 44.7. The third kappa shape index (κ3) is 19.4. The first-order valence-electron chi connectivity index (χ1n) is 31.7. The van der Waals surface area contributed by atoms with Crippen molar-refractivity contribution in [2.24, 2.45) is 0 Å². The number of nitrogens with one attached hydrogen (secondary N) is 6. The van der Waals surface area contributed by atoms with Gasteiger partial charge in [-0.3, -0.25) is 0 Å². The molecule has 12 rings (SSSR count). The lowest BCUT2D eigenvalue weighted by Gasteiger charge is -2.23. The highest BCUT2D eigenvalue weighted by Crippen LogP contribution is 2.27. The van der Waals surface area contributed by atoms with Crippen LogP contribution in [0.1, 0.15) is 103 Å². The Morgan fingerprint density at radius 1 is 0.122 bits per heavy atom. The molecule has 0 heterocycles. The fraction of sp³-hybridized carbons (Fsp3) is 0.143. The molecule has 0 bridgehead atoms. The lowest BCUT2D eigenvalue weighted by atomic mass is 9.98. The van der Waals surface area contributed by atoms with Gasteiger partial charge in [0.1, 0.15) is 0 Å². The van der Waals surface area contributed by atoms with Crippen LogP contribution in [0.3, 0.4) is 0 Å². The van der Waals surface area contributed by atoms with E-state index < -0.39 is 0 Å². The predicted molar refractivity (Wildman–Crippen MR) is 376 cm³/mol. The number of hydrogen-bond acceptors (Lipinski definition) is 6. The molecular formula is C84H84N6. The number of hydrogen-bond donors (Lipinski definition) is 6. The first-order valence-corrected chi connectivity index (χ1v) is 31.7. The highest BCUT2D eigenvalue weighted by Gasteiger charge is 2.19. The summed E-state index contributed by atoms with van der Waals surface area (Å²) in [6.07, 6.45) is 0. The van der Waals surface area contributed by atoms with E-state index in [2.05, 4.69) is 396 Å². The molecule has 0 unspecified atom stereocenters. The summed E-state index contributed by atoms with van der Waals surface area (Å²) in [7, 11) is 0. The minimum atomic E-state index is 0.182. The Morgan fingerprint density at radius 3 is 0.278 bits per heavy atom. The van der Waals surface area contributed by atoms with Crippen LogP contribution in [0.2, 0.25) is 0 Å². The SMILES string of the molecule is c1ccc(C(NCCNC(c2ccccc2)c2ccccc2)c2ccccc2)cc1.c1ccc(C(NCCNC(c2ccccc2)c2ccccc2)c2ccccc2)cc1.c1ccc(C(NCCNC(c2ccccc2)c2ccccc2)c2ccccc2)cc1. The summed E-state index contributed by atoms with van der Waals surface area (Å²) in [4.78, 5) is 0. The molecular weight excluding hydrogens is 1090 g/mol. The van der Waals surface area contributed by atoms with Crippen molar-refractivity contribution >= 4 is 0 Å². The Kier molecular flexibility index (Phi) is 25.4. The van der Waals surface area contributed by atoms with Gasteiger partial charge in [0.2, 0.25) is 0 Å². The standard InChI is InChI=1S/3C28H28N2/c3*1-5-13-23(14-6-1)27(24-15-7-2-8-16-24)29-21-22-30-28(25-17-9-3-10-18-25)26-19-11-4-12-20-26/h3*1-20,27-30H,21-22H2. The van der Waals surface area contributed by atoms with E-state index in [0.717, 1.165) is 39.3 Å². The van der Waals surface area contributed by atoms with Crippen LogP contribution in [0.4, 0.5) is 0 Å². The minimum absolute atomic E-state index is 0.182. The van der Waals surface area contributed by atoms with Crippen LogP contribution in [-0.4, -0.2) is 39.3 Å². The van der Waals surface area contributed by atoms with Gasteiger partial charge in [-0.2, -0.15) is 0 Å². The molecule has 0 fully saturated rings. The summed E-state index contributed by atoms with van der Waals surface area (Å²) < 4.78 is 0. The van der Waals surface area contributed by atoms with Gasteiger partial charge in [-0.1, -0.05) is 364 Å². The second-order valence-corrected chi connectivity index (χ2v) is 22.3. The maximum atomic E-state index is 3.75. The van der Waals surface area contributed by atoms with Crippen molar-refractivity contribution in [3.05, 3.63) is 431 Å². The van der Waals surface area contributed by atoms with Gasteiger partial charge in [0.25, 0.3) is 0 Å². The van der Waals surface area contributed by atoms with Crippen molar-refractivity contribution in [2.45, 2.75) is 36.3 Å². The Labute approximate surface area is 535 Å². The van der Waals surface area contributed by atoms with Crippen LogP contribution < -0.4 is 31.9 Å². The van der Waals surface area contributed by atoms with E-state index in [1.165, 1.54) is 66.8 Å². The molecule has 0 atom stereocenters. The molecule has 0 aliphatic rings. The summed E-state index contributed by atoms with van der Waals surface area (Å²) in [5, 5.41) is 22.5. The normalized spacial score (nSPS) is 11.1. The molecule has 450 valence electrons. The van der Waals surface area contributed by atoms with Gasteiger partial charge in [-0.05, 0) is 66.8 Å². The molecule has 0 aliphatic heterocycles. The van der Waals surface area contributed by atoms with Crippen molar-refractivity contribution in [1.82, 2.24) is 31.9 Å². The molecule has 0 saturated carbocycles. The van der Waals surface area contributed by atoms with Crippen molar-refractivity contribution in [2.75, 3.05) is 39.3 Å². The Morgan fingerprint density at radius 2 is 0.200 bits per heavy atom. The largest absolute Gasteiger partial charge is 0.305 e. The Hall–Kier alpha value is -9.60. The van der Waals surface area contributed by atoms with E-state index >= 15 is 0 Å². The molecule has 6 heteroatoms. The molecule has 0 amide bonds. The van der Waals surface area contributed by atoms with E-state index in [1.54, 1.807) is 0 Å². The van der Waals surface area contributed by atoms with Gasteiger partial charge in [0, 0.05) is 39.3 Å². The van der Waals surface area contributed by atoms with Crippen molar-refractivity contribution in [3.8, 4) is 0 Å². The molecule has 0 aromatic heterocycles. The second-order valence-electron chi connectivity index (χ2n) is 22.3. The summed E-state index contributed by atoms with van der Waals surface area (Å²) in [6.45, 7) is 5.19. The van der Waals surface area contributed by atoms with Gasteiger partial charge in [0.05, 0.1) is 36.3 Å². The molecule has 0 aliphatic carbocycles. The highest BCUT2D eigenvalue weighted by atomic mass is 15.0. The zero-order valence-electron chi connectivity index (χ0n) is 51.3. The summed E-state index contributed by atoms with van der Waals surface area (Å²) in [5.41, 5.74) is 15.4. The third-order valence-electron chi connectivity index (χ3n) is 16.1. The van der Waals surface area contributed by atoms with E-state index in [0.29, 0.717) is 0 Å². The molecule has 6 nitrogen and oxygen atoms in total. The maximum Gasteiger partial charge on any atom is 0.0577 e. The van der Waals surface area contributed by atoms with Gasteiger partial charge in [-0.15, -0.1) is 0 Å². The zero-order valence-corrected chi connectivity index (χ0v) is 51.3. The molecule has 0 saturated heterocycles. The van der Waals surface area contributed by atoms with E-state index in [4.69, 9.17) is 0 Å². The lowest BCUT2D eigenvalue weighted by Crippen LogP contribution is -2.33. The van der Waals surface area contributed by atoms with Crippen LogP contribution in [0.25, 0.3) is 0 Å². The minimum Gasteiger partial charge on any atom is -0.305 e. The van der Waals surface area contributed by atoms with Gasteiger partial charge >= 0.3 is 0 Å². The topological polar surface area (TPSA) is 72.2 Å². The van der Waals surface area contributed by atoms with Crippen LogP contribution in [0, 0.1) is 0 Å². The average Bonchev–Trinajstić information content (AvgIpc) is 3.57. The number of benzene rings is 12. The highest BCUT2D eigenvalue weighted by molar-refractivity contribution is 5.38. The van der Waals surface area contributed by atoms with Crippen LogP contribution >= 0.6 is 0 Å². The first kappa shape index (κ1) is 63.4. The Balaban J connectivity index is 0.000000148. The van der Waals surface area contributed by atoms with Crippen LogP contribution in [0.5, 0.6) is 0 Å². The Bertz CT molecular complexity index is 2870.